The van der Waals surface area contributed by atoms with Crippen molar-refractivity contribution >= 4 is 41.2 Å². The molecule has 4 rings (SSSR count). The van der Waals surface area contributed by atoms with Gasteiger partial charge in [-0.15, -0.1) is 0 Å². The summed E-state index contributed by atoms with van der Waals surface area (Å²) in [6.07, 6.45) is 1.98. The molecule has 3 aromatic rings. The predicted molar refractivity (Wildman–Crippen MR) is 134 cm³/mol. The predicted octanol–water partition coefficient (Wildman–Crippen LogP) is 5.16. The molecule has 1 fully saturated rings. The van der Waals surface area contributed by atoms with Crippen molar-refractivity contribution in [2.45, 2.75) is 20.0 Å². The SMILES string of the molecule is CCc1ccccc1N1C(=O)NC(=O)/C(=C/c2cc(Cl)c(OCc3ccccc3)c(OC)c2)C1=O. The summed E-state index contributed by atoms with van der Waals surface area (Å²) >= 11 is 6.47. The zero-order valence-electron chi connectivity index (χ0n) is 19.2. The van der Waals surface area contributed by atoms with Gasteiger partial charge in [-0.1, -0.05) is 67.1 Å². The van der Waals surface area contributed by atoms with Gasteiger partial charge in [0.2, 0.25) is 0 Å². The molecule has 1 heterocycles. The summed E-state index contributed by atoms with van der Waals surface area (Å²) in [6, 6.07) is 19.0. The van der Waals surface area contributed by atoms with Gasteiger partial charge < -0.3 is 9.47 Å². The molecule has 0 saturated carbocycles. The highest BCUT2D eigenvalue weighted by Crippen LogP contribution is 2.38. The lowest BCUT2D eigenvalue weighted by Crippen LogP contribution is -2.54. The fourth-order valence-electron chi connectivity index (χ4n) is 3.76. The van der Waals surface area contributed by atoms with E-state index in [0.29, 0.717) is 29.2 Å². The number of urea groups is 1. The molecule has 178 valence electrons. The number of aryl methyl sites for hydroxylation is 1. The number of rotatable bonds is 7. The van der Waals surface area contributed by atoms with Crippen molar-refractivity contribution in [3.63, 3.8) is 0 Å². The number of halogens is 1. The number of nitrogens with zero attached hydrogens (tertiary/aromatic N) is 1. The number of barbiturate groups is 1. The summed E-state index contributed by atoms with van der Waals surface area (Å²) in [5.74, 6) is -0.828. The maximum Gasteiger partial charge on any atom is 0.335 e. The second-order valence-electron chi connectivity index (χ2n) is 7.75. The van der Waals surface area contributed by atoms with E-state index in [4.69, 9.17) is 21.1 Å². The van der Waals surface area contributed by atoms with E-state index >= 15 is 0 Å². The third kappa shape index (κ3) is 5.05. The second-order valence-corrected chi connectivity index (χ2v) is 8.16. The van der Waals surface area contributed by atoms with E-state index in [0.717, 1.165) is 16.0 Å². The summed E-state index contributed by atoms with van der Waals surface area (Å²) in [5.41, 5.74) is 2.42. The molecular formula is C27H23ClN2O5. The number of amides is 4. The Morgan fingerprint density at radius 3 is 2.43 bits per heavy atom. The van der Waals surface area contributed by atoms with Gasteiger partial charge in [0.15, 0.2) is 11.5 Å². The fraction of sp³-hybridized carbons (Fsp3) is 0.148. The van der Waals surface area contributed by atoms with Gasteiger partial charge in [-0.2, -0.15) is 0 Å². The molecule has 4 amide bonds. The molecule has 0 atom stereocenters. The van der Waals surface area contributed by atoms with Gasteiger partial charge >= 0.3 is 6.03 Å². The molecule has 1 N–H and O–H groups in total. The normalized spacial score (nSPS) is 14.8. The number of benzene rings is 3. The highest BCUT2D eigenvalue weighted by molar-refractivity contribution is 6.39. The topological polar surface area (TPSA) is 84.9 Å². The standard InChI is InChI=1S/C27H23ClN2O5/c1-3-19-11-7-8-12-22(19)30-26(32)20(25(31)29-27(30)33)13-18-14-21(28)24(23(15-18)34-2)35-16-17-9-5-4-6-10-17/h4-15H,3,16H2,1-2H3,(H,29,31,33)/b20-13-. The Morgan fingerprint density at radius 1 is 1.00 bits per heavy atom. The van der Waals surface area contributed by atoms with E-state index in [2.05, 4.69) is 5.32 Å². The number of para-hydroxylation sites is 1. The third-order valence-electron chi connectivity index (χ3n) is 5.50. The maximum atomic E-state index is 13.3. The van der Waals surface area contributed by atoms with Crippen molar-refractivity contribution in [1.29, 1.82) is 0 Å². The van der Waals surface area contributed by atoms with Gasteiger partial charge in [-0.3, -0.25) is 14.9 Å². The van der Waals surface area contributed by atoms with E-state index in [-0.39, 0.29) is 17.2 Å². The van der Waals surface area contributed by atoms with Crippen molar-refractivity contribution in [3.8, 4) is 11.5 Å². The molecule has 0 unspecified atom stereocenters. The van der Waals surface area contributed by atoms with Crippen LogP contribution in [0.1, 0.15) is 23.6 Å². The van der Waals surface area contributed by atoms with Crippen molar-refractivity contribution in [2.24, 2.45) is 0 Å². The molecule has 3 aromatic carbocycles. The molecule has 1 saturated heterocycles. The molecule has 0 spiro atoms. The summed E-state index contributed by atoms with van der Waals surface area (Å²) in [6.45, 7) is 2.20. The third-order valence-corrected chi connectivity index (χ3v) is 5.78. The Balaban J connectivity index is 1.67. The van der Waals surface area contributed by atoms with Gasteiger partial charge in [0.25, 0.3) is 11.8 Å². The lowest BCUT2D eigenvalue weighted by Gasteiger charge is -2.28. The fourth-order valence-corrected chi connectivity index (χ4v) is 4.04. The molecule has 35 heavy (non-hydrogen) atoms. The molecule has 1 aliphatic rings. The summed E-state index contributed by atoms with van der Waals surface area (Å²) < 4.78 is 11.3. The molecule has 0 bridgehead atoms. The zero-order chi connectivity index (χ0) is 24.9. The van der Waals surface area contributed by atoms with E-state index in [1.807, 2.05) is 49.4 Å². The van der Waals surface area contributed by atoms with Crippen molar-refractivity contribution in [1.82, 2.24) is 5.32 Å². The van der Waals surface area contributed by atoms with Gasteiger partial charge in [-0.25, -0.2) is 9.69 Å². The first-order valence-electron chi connectivity index (χ1n) is 11.0. The summed E-state index contributed by atoms with van der Waals surface area (Å²) in [7, 11) is 1.47. The monoisotopic (exact) mass is 490 g/mol. The number of carbonyl (C=O) groups is 3. The summed E-state index contributed by atoms with van der Waals surface area (Å²) in [5, 5.41) is 2.49. The first kappa shape index (κ1) is 24.0. The number of methoxy groups -OCH3 is 1. The zero-order valence-corrected chi connectivity index (χ0v) is 20.0. The Kier molecular flexibility index (Phi) is 7.17. The summed E-state index contributed by atoms with van der Waals surface area (Å²) in [4.78, 5) is 39.4. The van der Waals surface area contributed by atoms with Crippen LogP contribution in [-0.2, 0) is 22.6 Å². The first-order chi connectivity index (χ1) is 16.9. The van der Waals surface area contributed by atoms with Crippen LogP contribution in [-0.4, -0.2) is 25.0 Å². The van der Waals surface area contributed by atoms with Crippen LogP contribution in [0.25, 0.3) is 6.08 Å². The number of hydrogen-bond acceptors (Lipinski definition) is 5. The second kappa shape index (κ2) is 10.4. The van der Waals surface area contributed by atoms with Crippen molar-refractivity contribution < 1.29 is 23.9 Å². The number of nitrogens with one attached hydrogen (secondary N) is 1. The minimum Gasteiger partial charge on any atom is -0.493 e. The van der Waals surface area contributed by atoms with Crippen LogP contribution < -0.4 is 19.7 Å². The largest absolute Gasteiger partial charge is 0.493 e. The molecule has 7 nitrogen and oxygen atoms in total. The van der Waals surface area contributed by atoms with Gasteiger partial charge in [0, 0.05) is 0 Å². The quantitative estimate of drug-likeness (QED) is 0.365. The molecule has 0 aliphatic carbocycles. The average molecular weight is 491 g/mol. The average Bonchev–Trinajstić information content (AvgIpc) is 2.86. The first-order valence-corrected chi connectivity index (χ1v) is 11.3. The lowest BCUT2D eigenvalue weighted by molar-refractivity contribution is -0.122. The number of hydrogen-bond donors (Lipinski definition) is 1. The minimum absolute atomic E-state index is 0.202. The highest BCUT2D eigenvalue weighted by Gasteiger charge is 2.37. The van der Waals surface area contributed by atoms with Crippen LogP contribution in [0.3, 0.4) is 0 Å². The molecule has 1 aliphatic heterocycles. The van der Waals surface area contributed by atoms with Crippen LogP contribution in [0.4, 0.5) is 10.5 Å². The molecular weight excluding hydrogens is 468 g/mol. The van der Waals surface area contributed by atoms with Crippen LogP contribution >= 0.6 is 11.6 Å². The van der Waals surface area contributed by atoms with Crippen LogP contribution in [0.2, 0.25) is 5.02 Å². The number of imide groups is 2. The van der Waals surface area contributed by atoms with Gasteiger partial charge in [0.1, 0.15) is 12.2 Å². The molecule has 0 aromatic heterocycles. The number of anilines is 1. The van der Waals surface area contributed by atoms with E-state index in [1.54, 1.807) is 24.3 Å². The van der Waals surface area contributed by atoms with Gasteiger partial charge in [0.05, 0.1) is 17.8 Å². The number of carbonyl (C=O) groups excluding carboxylic acids is 3. The molecule has 8 heteroatoms. The Labute approximate surface area is 207 Å². The smallest absolute Gasteiger partial charge is 0.335 e. The van der Waals surface area contributed by atoms with Gasteiger partial charge in [-0.05, 0) is 47.4 Å². The Hall–Kier alpha value is -4.10. The van der Waals surface area contributed by atoms with Crippen LogP contribution in [0.5, 0.6) is 11.5 Å². The minimum atomic E-state index is -0.793. The Morgan fingerprint density at radius 2 is 1.71 bits per heavy atom. The van der Waals surface area contributed by atoms with Crippen molar-refractivity contribution in [2.75, 3.05) is 12.0 Å². The maximum absolute atomic E-state index is 13.3. The molecule has 0 radical (unpaired) electrons. The lowest BCUT2D eigenvalue weighted by atomic mass is 10.0. The van der Waals surface area contributed by atoms with Crippen LogP contribution in [0.15, 0.2) is 72.3 Å². The van der Waals surface area contributed by atoms with E-state index in [9.17, 15) is 14.4 Å². The van der Waals surface area contributed by atoms with Crippen molar-refractivity contribution in [3.05, 3.63) is 94.0 Å². The van der Waals surface area contributed by atoms with E-state index in [1.165, 1.54) is 13.2 Å². The number of ether oxygens (including phenoxy) is 2. The van der Waals surface area contributed by atoms with Crippen LogP contribution in [0, 0.1) is 0 Å². The highest BCUT2D eigenvalue weighted by atomic mass is 35.5. The Bertz CT molecular complexity index is 1320. The van der Waals surface area contributed by atoms with E-state index < -0.39 is 17.8 Å².